The Morgan fingerprint density at radius 1 is 1.23 bits per heavy atom. The van der Waals surface area contributed by atoms with Crippen molar-refractivity contribution in [3.63, 3.8) is 0 Å². The van der Waals surface area contributed by atoms with Crippen molar-refractivity contribution in [1.82, 2.24) is 0 Å². The SMILES string of the molecule is CC(=O)N(c1ccccc1C(=O)O)C1CC(C)CC(C)(C)C1. The second-order valence-corrected chi connectivity index (χ2v) is 7.28. The van der Waals surface area contributed by atoms with Gasteiger partial charge in [-0.1, -0.05) is 32.9 Å². The smallest absolute Gasteiger partial charge is 0.337 e. The van der Waals surface area contributed by atoms with Crippen LogP contribution in [-0.2, 0) is 4.79 Å². The molecule has 0 aromatic heterocycles. The first-order valence-electron chi connectivity index (χ1n) is 7.83. The molecule has 4 nitrogen and oxygen atoms in total. The van der Waals surface area contributed by atoms with Gasteiger partial charge in [0, 0.05) is 13.0 Å². The van der Waals surface area contributed by atoms with Crippen molar-refractivity contribution < 1.29 is 14.7 Å². The fourth-order valence-electron chi connectivity index (χ4n) is 3.98. The monoisotopic (exact) mass is 303 g/mol. The number of hydrogen-bond donors (Lipinski definition) is 1. The number of para-hydroxylation sites is 1. The Kier molecular flexibility index (Phi) is 4.59. The maximum absolute atomic E-state index is 12.3. The average molecular weight is 303 g/mol. The molecule has 1 saturated carbocycles. The number of hydrogen-bond acceptors (Lipinski definition) is 2. The Bertz CT molecular complexity index is 579. The van der Waals surface area contributed by atoms with Gasteiger partial charge in [0.2, 0.25) is 5.91 Å². The fourth-order valence-corrected chi connectivity index (χ4v) is 3.98. The van der Waals surface area contributed by atoms with Crippen LogP contribution in [0.3, 0.4) is 0 Å². The summed E-state index contributed by atoms with van der Waals surface area (Å²) in [5.41, 5.74) is 0.861. The van der Waals surface area contributed by atoms with Crippen molar-refractivity contribution in [2.75, 3.05) is 4.90 Å². The van der Waals surface area contributed by atoms with Gasteiger partial charge in [0.1, 0.15) is 0 Å². The van der Waals surface area contributed by atoms with Crippen LogP contribution >= 0.6 is 0 Å². The van der Waals surface area contributed by atoms with Crippen LogP contribution in [0.4, 0.5) is 5.69 Å². The number of nitrogens with zero attached hydrogens (tertiary/aromatic N) is 1. The van der Waals surface area contributed by atoms with Gasteiger partial charge in [0.15, 0.2) is 0 Å². The fraction of sp³-hybridized carbons (Fsp3) is 0.556. The summed E-state index contributed by atoms with van der Waals surface area (Å²) in [6, 6.07) is 6.83. The molecule has 0 bridgehead atoms. The number of amides is 1. The third-order valence-electron chi connectivity index (χ3n) is 4.46. The topological polar surface area (TPSA) is 57.6 Å². The summed E-state index contributed by atoms with van der Waals surface area (Å²) < 4.78 is 0. The lowest BCUT2D eigenvalue weighted by Gasteiger charge is -2.44. The van der Waals surface area contributed by atoms with E-state index in [4.69, 9.17) is 0 Å². The highest BCUT2D eigenvalue weighted by Crippen LogP contribution is 2.42. The van der Waals surface area contributed by atoms with E-state index in [9.17, 15) is 14.7 Å². The molecule has 2 rings (SSSR count). The largest absolute Gasteiger partial charge is 0.478 e. The Labute approximate surface area is 132 Å². The summed E-state index contributed by atoms with van der Waals surface area (Å²) in [7, 11) is 0. The van der Waals surface area contributed by atoms with Crippen LogP contribution in [0, 0.1) is 11.3 Å². The number of carbonyl (C=O) groups excluding carboxylic acids is 1. The average Bonchev–Trinajstić information content (AvgIpc) is 2.36. The van der Waals surface area contributed by atoms with Crippen molar-refractivity contribution >= 4 is 17.6 Å². The Hall–Kier alpha value is -1.84. The molecule has 1 aromatic rings. The van der Waals surface area contributed by atoms with Crippen LogP contribution in [-0.4, -0.2) is 23.0 Å². The predicted molar refractivity (Wildman–Crippen MR) is 87.1 cm³/mol. The van der Waals surface area contributed by atoms with Gasteiger partial charge in [-0.2, -0.15) is 0 Å². The second-order valence-electron chi connectivity index (χ2n) is 7.28. The predicted octanol–water partition coefficient (Wildman–Crippen LogP) is 3.95. The van der Waals surface area contributed by atoms with E-state index >= 15 is 0 Å². The van der Waals surface area contributed by atoms with Crippen LogP contribution in [0.1, 0.15) is 57.3 Å². The summed E-state index contributed by atoms with van der Waals surface area (Å²) in [6.07, 6.45) is 2.94. The second kappa shape index (κ2) is 6.11. The van der Waals surface area contributed by atoms with Gasteiger partial charge in [0.25, 0.3) is 0 Å². The van der Waals surface area contributed by atoms with Crippen molar-refractivity contribution in [1.29, 1.82) is 0 Å². The highest BCUT2D eigenvalue weighted by molar-refractivity contribution is 6.01. The molecular formula is C18H25NO3. The van der Waals surface area contributed by atoms with Gasteiger partial charge in [-0.15, -0.1) is 0 Å². The zero-order valence-corrected chi connectivity index (χ0v) is 13.8. The summed E-state index contributed by atoms with van der Waals surface area (Å²) in [5.74, 6) is -0.568. The Morgan fingerprint density at radius 3 is 2.41 bits per heavy atom. The van der Waals surface area contributed by atoms with Crippen molar-refractivity contribution in [3.05, 3.63) is 29.8 Å². The lowest BCUT2D eigenvalue weighted by molar-refractivity contribution is -0.117. The van der Waals surface area contributed by atoms with E-state index in [-0.39, 0.29) is 22.9 Å². The van der Waals surface area contributed by atoms with Crippen molar-refractivity contribution in [2.45, 2.75) is 53.0 Å². The Morgan fingerprint density at radius 2 is 1.86 bits per heavy atom. The quantitative estimate of drug-likeness (QED) is 0.919. The van der Waals surface area contributed by atoms with E-state index in [1.54, 1.807) is 29.2 Å². The van der Waals surface area contributed by atoms with Gasteiger partial charge in [-0.3, -0.25) is 4.79 Å². The van der Waals surface area contributed by atoms with Crippen molar-refractivity contribution in [2.24, 2.45) is 11.3 Å². The number of benzene rings is 1. The molecule has 0 heterocycles. The highest BCUT2D eigenvalue weighted by atomic mass is 16.4. The maximum atomic E-state index is 12.3. The van der Waals surface area contributed by atoms with Gasteiger partial charge in [0.05, 0.1) is 11.3 Å². The van der Waals surface area contributed by atoms with E-state index in [0.717, 1.165) is 19.3 Å². The van der Waals surface area contributed by atoms with E-state index in [2.05, 4.69) is 20.8 Å². The summed E-state index contributed by atoms with van der Waals surface area (Å²) in [5, 5.41) is 9.41. The molecular weight excluding hydrogens is 278 g/mol. The molecule has 0 spiro atoms. The minimum absolute atomic E-state index is 0.0525. The minimum Gasteiger partial charge on any atom is -0.478 e. The first-order chi connectivity index (χ1) is 10.2. The van der Waals surface area contributed by atoms with Crippen LogP contribution in [0.2, 0.25) is 0 Å². The Balaban J connectivity index is 2.43. The number of aromatic carboxylic acids is 1. The van der Waals surface area contributed by atoms with Crippen LogP contribution in [0.25, 0.3) is 0 Å². The zero-order valence-electron chi connectivity index (χ0n) is 13.8. The molecule has 1 aliphatic carbocycles. The molecule has 120 valence electrons. The zero-order chi connectivity index (χ0) is 16.5. The van der Waals surface area contributed by atoms with Gasteiger partial charge < -0.3 is 10.0 Å². The van der Waals surface area contributed by atoms with E-state index in [1.807, 2.05) is 0 Å². The molecule has 22 heavy (non-hydrogen) atoms. The molecule has 4 heteroatoms. The molecule has 0 saturated heterocycles. The minimum atomic E-state index is -0.995. The summed E-state index contributed by atoms with van der Waals surface area (Å²) in [4.78, 5) is 25.4. The third-order valence-corrected chi connectivity index (χ3v) is 4.46. The lowest BCUT2D eigenvalue weighted by Crippen LogP contribution is -2.46. The number of carboxylic acid groups (broad SMARTS) is 1. The molecule has 0 radical (unpaired) electrons. The number of anilines is 1. The van der Waals surface area contributed by atoms with E-state index in [0.29, 0.717) is 11.6 Å². The first-order valence-corrected chi connectivity index (χ1v) is 7.83. The molecule has 1 N–H and O–H groups in total. The lowest BCUT2D eigenvalue weighted by atomic mass is 9.70. The van der Waals surface area contributed by atoms with Crippen LogP contribution < -0.4 is 4.90 Å². The van der Waals surface area contributed by atoms with E-state index in [1.165, 1.54) is 6.92 Å². The maximum Gasteiger partial charge on any atom is 0.337 e. The van der Waals surface area contributed by atoms with Gasteiger partial charge in [-0.05, 0) is 42.7 Å². The number of carboxylic acids is 1. The summed E-state index contributed by atoms with van der Waals surface area (Å²) >= 11 is 0. The number of carbonyl (C=O) groups is 2. The van der Waals surface area contributed by atoms with Crippen molar-refractivity contribution in [3.8, 4) is 0 Å². The molecule has 1 aromatic carbocycles. The van der Waals surface area contributed by atoms with Crippen LogP contribution in [0.15, 0.2) is 24.3 Å². The summed E-state index contributed by atoms with van der Waals surface area (Å²) in [6.45, 7) is 8.16. The van der Waals surface area contributed by atoms with E-state index < -0.39 is 5.97 Å². The van der Waals surface area contributed by atoms with Gasteiger partial charge >= 0.3 is 5.97 Å². The molecule has 1 fully saturated rings. The van der Waals surface area contributed by atoms with Gasteiger partial charge in [-0.25, -0.2) is 4.79 Å². The third kappa shape index (κ3) is 3.49. The first kappa shape index (κ1) is 16.5. The highest BCUT2D eigenvalue weighted by Gasteiger charge is 2.37. The molecule has 1 aliphatic rings. The standard InChI is InChI=1S/C18H25NO3/c1-12-9-14(11-18(3,4)10-12)19(13(2)20)16-8-6-5-7-15(16)17(21)22/h5-8,12,14H,9-11H2,1-4H3,(H,21,22). The van der Waals surface area contributed by atoms with Crippen LogP contribution in [0.5, 0.6) is 0 Å². The number of rotatable bonds is 3. The molecule has 0 aliphatic heterocycles. The molecule has 1 amide bonds. The normalized spacial score (nSPS) is 23.8. The molecule has 2 atom stereocenters. The molecule has 2 unspecified atom stereocenters.